The van der Waals surface area contributed by atoms with Crippen molar-refractivity contribution < 1.29 is 15.0 Å². The summed E-state index contributed by atoms with van der Waals surface area (Å²) in [5.41, 5.74) is 1.08. The Labute approximate surface area is 167 Å². The van der Waals surface area contributed by atoms with Gasteiger partial charge < -0.3 is 15.1 Å². The molecule has 0 aliphatic carbocycles. The van der Waals surface area contributed by atoms with Gasteiger partial charge in [0, 0.05) is 19.0 Å². The lowest BCUT2D eigenvalue weighted by molar-refractivity contribution is 0.0686. The lowest BCUT2D eigenvalue weighted by atomic mass is 9.90. The number of anilines is 1. The second-order valence-corrected chi connectivity index (χ2v) is 7.13. The summed E-state index contributed by atoms with van der Waals surface area (Å²) in [7, 11) is 0. The second kappa shape index (κ2) is 7.79. The van der Waals surface area contributed by atoms with Gasteiger partial charge in [-0.15, -0.1) is 0 Å². The first-order valence-corrected chi connectivity index (χ1v) is 9.50. The molecule has 1 saturated heterocycles. The van der Waals surface area contributed by atoms with Crippen molar-refractivity contribution in [1.82, 2.24) is 9.78 Å². The van der Waals surface area contributed by atoms with Crippen LogP contribution in [-0.4, -0.2) is 39.1 Å². The zero-order valence-corrected chi connectivity index (χ0v) is 15.7. The van der Waals surface area contributed by atoms with Crippen molar-refractivity contribution in [3.63, 3.8) is 0 Å². The summed E-state index contributed by atoms with van der Waals surface area (Å²) in [6.07, 6.45) is 3.28. The van der Waals surface area contributed by atoms with Crippen LogP contribution in [0.1, 0.15) is 34.8 Å². The molecule has 0 spiro atoms. The molecule has 7 nitrogen and oxygen atoms in total. The van der Waals surface area contributed by atoms with Crippen molar-refractivity contribution in [3.05, 3.63) is 82.3 Å². The summed E-state index contributed by atoms with van der Waals surface area (Å²) in [5, 5.41) is 23.1. The zero-order chi connectivity index (χ0) is 20.4. The zero-order valence-electron chi connectivity index (χ0n) is 15.7. The van der Waals surface area contributed by atoms with Gasteiger partial charge in [-0.3, -0.25) is 4.79 Å². The Morgan fingerprint density at radius 2 is 1.72 bits per heavy atom. The van der Waals surface area contributed by atoms with E-state index in [2.05, 4.69) is 22.1 Å². The van der Waals surface area contributed by atoms with Crippen LogP contribution in [0.25, 0.3) is 5.69 Å². The molecular weight excluding hydrogens is 370 g/mol. The van der Waals surface area contributed by atoms with E-state index >= 15 is 0 Å². The van der Waals surface area contributed by atoms with Crippen LogP contribution in [0.3, 0.4) is 0 Å². The Morgan fingerprint density at radius 3 is 2.45 bits per heavy atom. The van der Waals surface area contributed by atoms with E-state index in [0.29, 0.717) is 11.6 Å². The van der Waals surface area contributed by atoms with Crippen LogP contribution < -0.4 is 10.3 Å². The number of hydrogen-bond donors (Lipinski definition) is 2. The Bertz CT molecular complexity index is 1090. The molecule has 0 bridgehead atoms. The molecule has 148 valence electrons. The highest BCUT2D eigenvalue weighted by atomic mass is 16.4. The molecule has 1 fully saturated rings. The SMILES string of the molecule is O=C(O)c1nn(-c2ccccc2N2CCCC(c3ccccc3)C2)cc(O)c1=O. The number of aromatic carboxylic acids is 1. The van der Waals surface area contributed by atoms with Gasteiger partial charge in [-0.25, -0.2) is 9.48 Å². The van der Waals surface area contributed by atoms with Gasteiger partial charge in [0.1, 0.15) is 0 Å². The minimum Gasteiger partial charge on any atom is -0.503 e. The molecule has 1 aliphatic rings. The fraction of sp³-hybridized carbons (Fsp3) is 0.227. The van der Waals surface area contributed by atoms with E-state index in [4.69, 9.17) is 0 Å². The average Bonchev–Trinajstić information content (AvgIpc) is 2.76. The van der Waals surface area contributed by atoms with E-state index in [1.807, 2.05) is 36.4 Å². The Balaban J connectivity index is 1.73. The first kappa shape index (κ1) is 18.7. The smallest absolute Gasteiger partial charge is 0.360 e. The van der Waals surface area contributed by atoms with E-state index in [0.717, 1.165) is 37.8 Å². The molecule has 29 heavy (non-hydrogen) atoms. The second-order valence-electron chi connectivity index (χ2n) is 7.13. The molecular formula is C22H21N3O4. The molecule has 1 unspecified atom stereocenters. The van der Waals surface area contributed by atoms with Crippen LogP contribution in [0.5, 0.6) is 5.75 Å². The fourth-order valence-electron chi connectivity index (χ4n) is 3.86. The maximum Gasteiger partial charge on any atom is 0.360 e. The normalized spacial score (nSPS) is 16.6. The van der Waals surface area contributed by atoms with Crippen molar-refractivity contribution in [2.75, 3.05) is 18.0 Å². The number of nitrogens with zero attached hydrogens (tertiary/aromatic N) is 3. The van der Waals surface area contributed by atoms with Gasteiger partial charge in [-0.1, -0.05) is 42.5 Å². The Kier molecular flexibility index (Phi) is 5.03. The van der Waals surface area contributed by atoms with Gasteiger partial charge in [0.2, 0.25) is 5.69 Å². The number of aromatic hydroxyl groups is 1. The predicted octanol–water partition coefficient (Wildman–Crippen LogP) is 3.02. The number of piperidine rings is 1. The largest absolute Gasteiger partial charge is 0.503 e. The highest BCUT2D eigenvalue weighted by Gasteiger charge is 2.24. The van der Waals surface area contributed by atoms with Crippen LogP contribution in [0, 0.1) is 0 Å². The van der Waals surface area contributed by atoms with E-state index in [1.165, 1.54) is 10.2 Å². The lowest BCUT2D eigenvalue weighted by Crippen LogP contribution is -2.35. The number of carbonyl (C=O) groups is 1. The van der Waals surface area contributed by atoms with E-state index in [-0.39, 0.29) is 0 Å². The number of carboxylic acids is 1. The number of hydrogen-bond acceptors (Lipinski definition) is 5. The van der Waals surface area contributed by atoms with E-state index in [9.17, 15) is 19.8 Å². The first-order chi connectivity index (χ1) is 14.0. The monoisotopic (exact) mass is 391 g/mol. The highest BCUT2D eigenvalue weighted by molar-refractivity contribution is 5.85. The van der Waals surface area contributed by atoms with Crippen molar-refractivity contribution >= 4 is 11.7 Å². The number of rotatable bonds is 4. The van der Waals surface area contributed by atoms with Crippen molar-refractivity contribution in [2.24, 2.45) is 0 Å². The van der Waals surface area contributed by atoms with Crippen LogP contribution in [0.4, 0.5) is 5.69 Å². The highest BCUT2D eigenvalue weighted by Crippen LogP contribution is 2.32. The first-order valence-electron chi connectivity index (χ1n) is 9.50. The summed E-state index contributed by atoms with van der Waals surface area (Å²) in [5.74, 6) is -1.73. The van der Waals surface area contributed by atoms with Gasteiger partial charge in [-0.2, -0.15) is 5.10 Å². The average molecular weight is 391 g/mol. The topological polar surface area (TPSA) is 95.7 Å². The molecule has 1 aliphatic heterocycles. The molecule has 1 aromatic heterocycles. The van der Waals surface area contributed by atoms with Gasteiger partial charge >= 0.3 is 5.97 Å². The Hall–Kier alpha value is -3.61. The fourth-order valence-corrected chi connectivity index (χ4v) is 3.86. The Morgan fingerprint density at radius 1 is 1.03 bits per heavy atom. The number of para-hydroxylation sites is 2. The third kappa shape index (κ3) is 3.71. The van der Waals surface area contributed by atoms with Gasteiger partial charge in [0.25, 0.3) is 5.43 Å². The third-order valence-electron chi connectivity index (χ3n) is 5.26. The van der Waals surface area contributed by atoms with Crippen molar-refractivity contribution in [1.29, 1.82) is 0 Å². The predicted molar refractivity (Wildman–Crippen MR) is 109 cm³/mol. The molecule has 7 heteroatoms. The molecule has 1 atom stereocenters. The maximum atomic E-state index is 11.9. The van der Waals surface area contributed by atoms with Crippen LogP contribution in [0.15, 0.2) is 65.6 Å². The van der Waals surface area contributed by atoms with Gasteiger partial charge in [-0.05, 0) is 30.5 Å². The molecule has 2 aromatic carbocycles. The number of aromatic nitrogens is 2. The third-order valence-corrected chi connectivity index (χ3v) is 5.26. The number of carboxylic acid groups (broad SMARTS) is 1. The van der Waals surface area contributed by atoms with E-state index in [1.54, 1.807) is 6.07 Å². The lowest BCUT2D eigenvalue weighted by Gasteiger charge is -2.35. The van der Waals surface area contributed by atoms with Crippen LogP contribution >= 0.6 is 0 Å². The minimum absolute atomic E-state index is 0.392. The van der Waals surface area contributed by atoms with Gasteiger partial charge in [0.05, 0.1) is 17.6 Å². The van der Waals surface area contributed by atoms with Gasteiger partial charge in [0.15, 0.2) is 5.75 Å². The molecule has 0 radical (unpaired) electrons. The van der Waals surface area contributed by atoms with Crippen LogP contribution in [-0.2, 0) is 0 Å². The molecule has 0 saturated carbocycles. The van der Waals surface area contributed by atoms with Crippen molar-refractivity contribution in [2.45, 2.75) is 18.8 Å². The molecule has 2 N–H and O–H groups in total. The summed E-state index contributed by atoms with van der Waals surface area (Å²) >= 11 is 0. The quantitative estimate of drug-likeness (QED) is 0.710. The van der Waals surface area contributed by atoms with E-state index < -0.39 is 22.8 Å². The molecule has 3 aromatic rings. The molecule has 2 heterocycles. The van der Waals surface area contributed by atoms with Crippen molar-refractivity contribution in [3.8, 4) is 11.4 Å². The number of benzene rings is 2. The molecule has 4 rings (SSSR count). The summed E-state index contributed by atoms with van der Waals surface area (Å²) in [6, 6.07) is 17.8. The standard InChI is InChI=1S/C22H21N3O4/c26-19-14-25(23-20(21(19)27)22(28)29)18-11-5-4-10-17(18)24-12-6-9-16(13-24)15-7-2-1-3-8-15/h1-5,7-8,10-11,14,16,26H,6,9,12-13H2,(H,28,29). The minimum atomic E-state index is -1.47. The summed E-state index contributed by atoms with van der Waals surface area (Å²) in [6.45, 7) is 1.68. The summed E-state index contributed by atoms with van der Waals surface area (Å²) < 4.78 is 1.27. The molecule has 0 amide bonds. The maximum absolute atomic E-state index is 11.9. The van der Waals surface area contributed by atoms with Crippen LogP contribution in [0.2, 0.25) is 0 Å². The summed E-state index contributed by atoms with van der Waals surface area (Å²) in [4.78, 5) is 25.5.